The van der Waals surface area contributed by atoms with Gasteiger partial charge in [0.05, 0.1) is 11.1 Å². The van der Waals surface area contributed by atoms with E-state index in [9.17, 15) is 19.4 Å². The Hall–Kier alpha value is -2.76. The van der Waals surface area contributed by atoms with Crippen molar-refractivity contribution in [3.63, 3.8) is 0 Å². The topological polar surface area (TPSA) is 81.6 Å². The quantitative estimate of drug-likeness (QED) is 0.599. The summed E-state index contributed by atoms with van der Waals surface area (Å²) in [6.45, 7) is 2.10. The van der Waals surface area contributed by atoms with E-state index in [1.165, 1.54) is 18.2 Å². The molecule has 1 unspecified atom stereocenters. The highest BCUT2D eigenvalue weighted by Gasteiger charge is 2.51. The molecule has 0 aromatic heterocycles. The van der Waals surface area contributed by atoms with E-state index in [2.05, 4.69) is 17.6 Å². The zero-order chi connectivity index (χ0) is 19.2. The number of phenolic OH excluding ortho intramolecular Hbond substituents is 2. The number of halogens is 1. The highest BCUT2D eigenvalue weighted by molar-refractivity contribution is 6.01. The largest absolute Gasteiger partial charge is 0.504 e. The molecule has 1 amide bonds. The van der Waals surface area contributed by atoms with Crippen LogP contribution in [0.15, 0.2) is 30.3 Å². The standard InChI is InChI=1S/C21H23FN2O3/c1-2-3-14-8-12-9-15(11-16(22)19(12)23-14)24-20(27)21(6-7-21)13-4-5-17(25)18(26)10-13/h4-5,9-11,14,23,25-26H,2-3,6-8H2,1H3,(H,24,27). The SMILES string of the molecule is CCCC1Cc2cc(NC(=O)C3(c4ccc(O)c(O)c4)CC3)cc(F)c2N1. The minimum Gasteiger partial charge on any atom is -0.504 e. The smallest absolute Gasteiger partial charge is 0.235 e. The third-order valence-corrected chi connectivity index (χ3v) is 5.59. The number of carbonyl (C=O) groups excluding carboxylic acids is 1. The molecule has 6 heteroatoms. The van der Waals surface area contributed by atoms with Crippen LogP contribution in [0.3, 0.4) is 0 Å². The monoisotopic (exact) mass is 370 g/mol. The normalized spacial score (nSPS) is 19.3. The molecule has 4 rings (SSSR count). The summed E-state index contributed by atoms with van der Waals surface area (Å²) in [5, 5.41) is 25.3. The Morgan fingerprint density at radius 1 is 1.26 bits per heavy atom. The van der Waals surface area contributed by atoms with Gasteiger partial charge in [0.1, 0.15) is 5.82 Å². The van der Waals surface area contributed by atoms with Gasteiger partial charge in [0, 0.05) is 11.7 Å². The second kappa shape index (κ2) is 6.44. The van der Waals surface area contributed by atoms with Gasteiger partial charge in [-0.15, -0.1) is 0 Å². The van der Waals surface area contributed by atoms with E-state index in [1.54, 1.807) is 6.07 Å². The Morgan fingerprint density at radius 2 is 2.04 bits per heavy atom. The van der Waals surface area contributed by atoms with E-state index < -0.39 is 5.41 Å². The Labute approximate surface area is 157 Å². The Bertz CT molecular complexity index is 909. The van der Waals surface area contributed by atoms with Gasteiger partial charge < -0.3 is 20.8 Å². The molecule has 1 saturated carbocycles. The van der Waals surface area contributed by atoms with E-state index in [0.717, 1.165) is 24.8 Å². The van der Waals surface area contributed by atoms with Crippen LogP contribution in [-0.2, 0) is 16.6 Å². The molecule has 0 radical (unpaired) electrons. The number of hydrogen-bond donors (Lipinski definition) is 4. The number of aromatic hydroxyl groups is 2. The molecule has 2 aromatic carbocycles. The highest BCUT2D eigenvalue weighted by Crippen LogP contribution is 2.50. The minimum atomic E-state index is -0.732. The maximum Gasteiger partial charge on any atom is 0.235 e. The first kappa shape index (κ1) is 17.6. The lowest BCUT2D eigenvalue weighted by atomic mass is 9.94. The molecule has 1 atom stereocenters. The number of nitrogens with one attached hydrogen (secondary N) is 2. The lowest BCUT2D eigenvalue weighted by Gasteiger charge is -2.17. The molecule has 142 valence electrons. The number of hydrogen-bond acceptors (Lipinski definition) is 4. The average molecular weight is 370 g/mol. The summed E-state index contributed by atoms with van der Waals surface area (Å²) in [4.78, 5) is 12.9. The summed E-state index contributed by atoms with van der Waals surface area (Å²) < 4.78 is 14.5. The molecular formula is C21H23FN2O3. The van der Waals surface area contributed by atoms with Gasteiger partial charge in [-0.05, 0) is 61.1 Å². The van der Waals surface area contributed by atoms with Crippen LogP contribution in [0, 0.1) is 5.82 Å². The second-order valence-corrected chi connectivity index (χ2v) is 7.57. The molecule has 1 aliphatic heterocycles. The molecule has 4 N–H and O–H groups in total. The van der Waals surface area contributed by atoms with Crippen molar-refractivity contribution in [2.24, 2.45) is 0 Å². The van der Waals surface area contributed by atoms with Crippen molar-refractivity contribution in [3.8, 4) is 11.5 Å². The Kier molecular flexibility index (Phi) is 4.21. The molecule has 0 spiro atoms. The summed E-state index contributed by atoms with van der Waals surface area (Å²) in [7, 11) is 0. The summed E-state index contributed by atoms with van der Waals surface area (Å²) in [6, 6.07) is 7.87. The van der Waals surface area contributed by atoms with Crippen molar-refractivity contribution < 1.29 is 19.4 Å². The van der Waals surface area contributed by atoms with E-state index in [-0.39, 0.29) is 29.3 Å². The van der Waals surface area contributed by atoms with Crippen molar-refractivity contribution in [2.45, 2.75) is 50.5 Å². The zero-order valence-corrected chi connectivity index (χ0v) is 15.2. The first-order valence-electron chi connectivity index (χ1n) is 9.36. The molecule has 1 heterocycles. The van der Waals surface area contributed by atoms with Crippen LogP contribution < -0.4 is 10.6 Å². The van der Waals surface area contributed by atoms with Crippen LogP contribution in [0.1, 0.15) is 43.7 Å². The Balaban J connectivity index is 1.55. The molecule has 0 bridgehead atoms. The van der Waals surface area contributed by atoms with Crippen molar-refractivity contribution in [1.29, 1.82) is 0 Å². The number of rotatable bonds is 5. The summed E-state index contributed by atoms with van der Waals surface area (Å²) in [5.41, 5.74) is 1.79. The molecule has 2 aliphatic rings. The first-order valence-corrected chi connectivity index (χ1v) is 9.36. The predicted molar refractivity (Wildman–Crippen MR) is 102 cm³/mol. The van der Waals surface area contributed by atoms with Crippen molar-refractivity contribution in [2.75, 3.05) is 10.6 Å². The van der Waals surface area contributed by atoms with E-state index in [0.29, 0.717) is 29.8 Å². The van der Waals surface area contributed by atoms with Gasteiger partial charge in [0.2, 0.25) is 5.91 Å². The van der Waals surface area contributed by atoms with Crippen LogP contribution in [0.4, 0.5) is 15.8 Å². The summed E-state index contributed by atoms with van der Waals surface area (Å²) in [6.07, 6.45) is 4.05. The number of anilines is 2. The fourth-order valence-corrected chi connectivity index (χ4v) is 3.95. The van der Waals surface area contributed by atoms with Gasteiger partial charge in [-0.3, -0.25) is 4.79 Å². The van der Waals surface area contributed by atoms with E-state index in [4.69, 9.17) is 0 Å². The average Bonchev–Trinajstić information content (AvgIpc) is 3.33. The zero-order valence-electron chi connectivity index (χ0n) is 15.2. The van der Waals surface area contributed by atoms with Crippen molar-refractivity contribution >= 4 is 17.3 Å². The Morgan fingerprint density at radius 3 is 2.70 bits per heavy atom. The van der Waals surface area contributed by atoms with Gasteiger partial charge in [-0.25, -0.2) is 4.39 Å². The molecule has 5 nitrogen and oxygen atoms in total. The number of phenols is 2. The lowest BCUT2D eigenvalue weighted by molar-refractivity contribution is -0.118. The van der Waals surface area contributed by atoms with Crippen LogP contribution in [-0.4, -0.2) is 22.2 Å². The third-order valence-electron chi connectivity index (χ3n) is 5.59. The lowest BCUT2D eigenvalue weighted by Crippen LogP contribution is -2.27. The molecule has 2 aromatic rings. The molecule has 1 aliphatic carbocycles. The number of carbonyl (C=O) groups is 1. The first-order chi connectivity index (χ1) is 12.9. The van der Waals surface area contributed by atoms with Crippen LogP contribution in [0.5, 0.6) is 11.5 Å². The molecule has 1 fully saturated rings. The van der Waals surface area contributed by atoms with Crippen molar-refractivity contribution in [1.82, 2.24) is 0 Å². The van der Waals surface area contributed by atoms with Gasteiger partial charge in [0.25, 0.3) is 0 Å². The molecule has 0 saturated heterocycles. The van der Waals surface area contributed by atoms with Gasteiger partial charge in [-0.2, -0.15) is 0 Å². The molecule has 27 heavy (non-hydrogen) atoms. The van der Waals surface area contributed by atoms with Crippen LogP contribution >= 0.6 is 0 Å². The molecular weight excluding hydrogens is 347 g/mol. The van der Waals surface area contributed by atoms with E-state index in [1.807, 2.05) is 6.07 Å². The van der Waals surface area contributed by atoms with Crippen LogP contribution in [0.2, 0.25) is 0 Å². The predicted octanol–water partition coefficient (Wildman–Crippen LogP) is 4.04. The minimum absolute atomic E-state index is 0.218. The fourth-order valence-electron chi connectivity index (χ4n) is 3.95. The third kappa shape index (κ3) is 3.09. The number of fused-ring (bicyclic) bond motifs is 1. The van der Waals surface area contributed by atoms with Crippen LogP contribution in [0.25, 0.3) is 0 Å². The van der Waals surface area contributed by atoms with E-state index >= 15 is 0 Å². The number of benzene rings is 2. The van der Waals surface area contributed by atoms with Gasteiger partial charge >= 0.3 is 0 Å². The highest BCUT2D eigenvalue weighted by atomic mass is 19.1. The maximum atomic E-state index is 14.5. The summed E-state index contributed by atoms with van der Waals surface area (Å²) >= 11 is 0. The second-order valence-electron chi connectivity index (χ2n) is 7.57. The van der Waals surface area contributed by atoms with Gasteiger partial charge in [-0.1, -0.05) is 19.4 Å². The van der Waals surface area contributed by atoms with Crippen molar-refractivity contribution in [3.05, 3.63) is 47.3 Å². The summed E-state index contributed by atoms with van der Waals surface area (Å²) in [5.74, 6) is -1.04. The maximum absolute atomic E-state index is 14.5. The van der Waals surface area contributed by atoms with Gasteiger partial charge in [0.15, 0.2) is 11.5 Å². The number of amides is 1. The fraction of sp³-hybridized carbons (Fsp3) is 0.381.